The first-order chi connectivity index (χ1) is 7.65. The van der Waals surface area contributed by atoms with Gasteiger partial charge >= 0.3 is 11.9 Å². The van der Waals surface area contributed by atoms with Crippen LogP contribution in [0.15, 0.2) is 4.99 Å². The van der Waals surface area contributed by atoms with Crippen molar-refractivity contribution in [3.05, 3.63) is 0 Å². The van der Waals surface area contributed by atoms with E-state index in [-0.39, 0.29) is 26.1 Å². The second kappa shape index (κ2) is 8.61. The zero-order valence-corrected chi connectivity index (χ0v) is 9.39. The molecular formula is C10H15NO5. The number of nitrogens with zero attached hydrogens (tertiary/aromatic N) is 1. The van der Waals surface area contributed by atoms with Crippen LogP contribution in [0.3, 0.4) is 0 Å². The Hall–Kier alpha value is -1.68. The third-order valence-corrected chi connectivity index (χ3v) is 1.69. The molecule has 0 spiro atoms. The molecule has 0 heterocycles. The summed E-state index contributed by atoms with van der Waals surface area (Å²) in [7, 11) is 0. The molecule has 0 saturated carbocycles. The van der Waals surface area contributed by atoms with Gasteiger partial charge in [-0.1, -0.05) is 0 Å². The summed E-state index contributed by atoms with van der Waals surface area (Å²) in [6.07, 6.45) is 1.39. The van der Waals surface area contributed by atoms with Gasteiger partial charge in [0.2, 0.25) is 6.08 Å². The molecule has 90 valence electrons. The molecular weight excluding hydrogens is 214 g/mol. The van der Waals surface area contributed by atoms with Crippen molar-refractivity contribution in [1.82, 2.24) is 0 Å². The average molecular weight is 229 g/mol. The van der Waals surface area contributed by atoms with E-state index in [9.17, 15) is 14.4 Å². The van der Waals surface area contributed by atoms with E-state index >= 15 is 0 Å². The van der Waals surface area contributed by atoms with Gasteiger partial charge in [0.15, 0.2) is 6.04 Å². The van der Waals surface area contributed by atoms with Gasteiger partial charge in [-0.05, 0) is 20.3 Å². The summed E-state index contributed by atoms with van der Waals surface area (Å²) >= 11 is 0. The molecule has 0 unspecified atom stereocenters. The van der Waals surface area contributed by atoms with E-state index in [0.29, 0.717) is 0 Å². The van der Waals surface area contributed by atoms with E-state index < -0.39 is 18.0 Å². The van der Waals surface area contributed by atoms with Gasteiger partial charge in [0.05, 0.1) is 13.2 Å². The van der Waals surface area contributed by atoms with Crippen molar-refractivity contribution < 1.29 is 23.9 Å². The molecule has 0 rings (SSSR count). The van der Waals surface area contributed by atoms with E-state index in [0.717, 1.165) is 0 Å². The second-order valence-corrected chi connectivity index (χ2v) is 2.83. The first-order valence-electron chi connectivity index (χ1n) is 5.04. The molecule has 0 aromatic rings. The van der Waals surface area contributed by atoms with Crippen molar-refractivity contribution >= 4 is 18.0 Å². The Morgan fingerprint density at radius 3 is 2.38 bits per heavy atom. The van der Waals surface area contributed by atoms with Crippen LogP contribution >= 0.6 is 0 Å². The van der Waals surface area contributed by atoms with E-state index in [1.165, 1.54) is 6.08 Å². The zero-order chi connectivity index (χ0) is 12.4. The minimum atomic E-state index is -0.971. The lowest BCUT2D eigenvalue weighted by Gasteiger charge is -2.08. The average Bonchev–Trinajstić information content (AvgIpc) is 2.24. The lowest BCUT2D eigenvalue weighted by molar-refractivity contribution is -0.146. The molecule has 0 radical (unpaired) electrons. The summed E-state index contributed by atoms with van der Waals surface area (Å²) < 4.78 is 9.36. The monoisotopic (exact) mass is 229 g/mol. The molecule has 0 fully saturated rings. The van der Waals surface area contributed by atoms with Crippen LogP contribution in [0.4, 0.5) is 0 Å². The Balaban J connectivity index is 4.18. The quantitative estimate of drug-likeness (QED) is 0.362. The number of esters is 2. The van der Waals surface area contributed by atoms with Crippen LogP contribution in [0, 0.1) is 0 Å². The second-order valence-electron chi connectivity index (χ2n) is 2.83. The SMILES string of the molecule is CCOC(=O)CC[C@@H](N=C=O)C(=O)OCC. The lowest BCUT2D eigenvalue weighted by Crippen LogP contribution is -2.22. The zero-order valence-electron chi connectivity index (χ0n) is 9.39. The van der Waals surface area contributed by atoms with Gasteiger partial charge in [0.25, 0.3) is 0 Å². The van der Waals surface area contributed by atoms with Gasteiger partial charge < -0.3 is 9.47 Å². The third-order valence-electron chi connectivity index (χ3n) is 1.69. The molecule has 16 heavy (non-hydrogen) atoms. The Kier molecular flexibility index (Phi) is 7.71. The standard InChI is InChI=1S/C10H15NO5/c1-3-15-9(13)6-5-8(11-7-12)10(14)16-4-2/h8H,3-6H2,1-2H3/t8-/m1/s1. The summed E-state index contributed by atoms with van der Waals surface area (Å²) in [5.74, 6) is -1.06. The van der Waals surface area contributed by atoms with Crippen LogP contribution < -0.4 is 0 Å². The first kappa shape index (κ1) is 14.3. The number of aliphatic imine (C=N–C) groups is 1. The summed E-state index contributed by atoms with van der Waals surface area (Å²) in [6, 6.07) is -0.971. The normalized spacial score (nSPS) is 11.1. The topological polar surface area (TPSA) is 82.0 Å². The Bertz CT molecular complexity index is 283. The van der Waals surface area contributed by atoms with Crippen LogP contribution in [0.2, 0.25) is 0 Å². The smallest absolute Gasteiger partial charge is 0.331 e. The molecule has 6 nitrogen and oxygen atoms in total. The van der Waals surface area contributed by atoms with Gasteiger partial charge in [0.1, 0.15) is 0 Å². The summed E-state index contributed by atoms with van der Waals surface area (Å²) in [4.78, 5) is 35.6. The van der Waals surface area contributed by atoms with Crippen molar-refractivity contribution in [2.45, 2.75) is 32.7 Å². The highest BCUT2D eigenvalue weighted by molar-refractivity contribution is 5.78. The molecule has 0 amide bonds. The number of hydrogen-bond acceptors (Lipinski definition) is 6. The minimum absolute atomic E-state index is 0.0164. The molecule has 0 aromatic heterocycles. The summed E-state index contributed by atoms with van der Waals surface area (Å²) in [5.41, 5.74) is 0. The molecule has 0 bridgehead atoms. The highest BCUT2D eigenvalue weighted by Crippen LogP contribution is 2.05. The summed E-state index contributed by atoms with van der Waals surface area (Å²) in [6.45, 7) is 3.80. The predicted molar refractivity (Wildman–Crippen MR) is 54.4 cm³/mol. The van der Waals surface area contributed by atoms with E-state index in [4.69, 9.17) is 0 Å². The fourth-order valence-corrected chi connectivity index (χ4v) is 1.02. The molecule has 0 aliphatic heterocycles. The minimum Gasteiger partial charge on any atom is -0.466 e. The number of carbonyl (C=O) groups excluding carboxylic acids is 3. The fraction of sp³-hybridized carbons (Fsp3) is 0.700. The highest BCUT2D eigenvalue weighted by Gasteiger charge is 2.20. The third kappa shape index (κ3) is 5.93. The molecule has 0 aliphatic carbocycles. The van der Waals surface area contributed by atoms with Gasteiger partial charge in [-0.15, -0.1) is 0 Å². The number of carbonyl (C=O) groups is 2. The molecule has 6 heteroatoms. The summed E-state index contributed by atoms with van der Waals surface area (Å²) in [5, 5.41) is 0. The Morgan fingerprint density at radius 1 is 1.25 bits per heavy atom. The van der Waals surface area contributed by atoms with Crippen LogP contribution in [0.25, 0.3) is 0 Å². The first-order valence-corrected chi connectivity index (χ1v) is 5.04. The maximum Gasteiger partial charge on any atom is 0.331 e. The van der Waals surface area contributed by atoms with Crippen LogP contribution in [-0.4, -0.2) is 37.3 Å². The predicted octanol–water partition coefficient (Wildman–Crippen LogP) is 0.597. The maximum atomic E-state index is 11.3. The van der Waals surface area contributed by atoms with Crippen molar-refractivity contribution in [2.24, 2.45) is 4.99 Å². The molecule has 1 atom stereocenters. The van der Waals surface area contributed by atoms with Crippen LogP contribution in [0.5, 0.6) is 0 Å². The van der Waals surface area contributed by atoms with Gasteiger partial charge in [0, 0.05) is 6.42 Å². The van der Waals surface area contributed by atoms with E-state index in [2.05, 4.69) is 14.5 Å². The number of rotatable bonds is 7. The van der Waals surface area contributed by atoms with E-state index in [1.54, 1.807) is 13.8 Å². The van der Waals surface area contributed by atoms with Gasteiger partial charge in [-0.3, -0.25) is 4.79 Å². The Morgan fingerprint density at radius 2 is 1.88 bits per heavy atom. The Labute approximate surface area is 93.6 Å². The molecule has 0 aliphatic rings. The van der Waals surface area contributed by atoms with Crippen molar-refractivity contribution in [3.63, 3.8) is 0 Å². The molecule has 0 aromatic carbocycles. The van der Waals surface area contributed by atoms with Gasteiger partial charge in [-0.25, -0.2) is 9.59 Å². The fourth-order valence-electron chi connectivity index (χ4n) is 1.02. The number of isocyanates is 1. The van der Waals surface area contributed by atoms with Crippen molar-refractivity contribution in [3.8, 4) is 0 Å². The number of hydrogen-bond donors (Lipinski definition) is 0. The van der Waals surface area contributed by atoms with Gasteiger partial charge in [-0.2, -0.15) is 4.99 Å². The van der Waals surface area contributed by atoms with Crippen molar-refractivity contribution in [2.75, 3.05) is 13.2 Å². The lowest BCUT2D eigenvalue weighted by atomic mass is 10.1. The van der Waals surface area contributed by atoms with E-state index in [1.807, 2.05) is 0 Å². The van der Waals surface area contributed by atoms with Crippen LogP contribution in [-0.2, 0) is 23.9 Å². The molecule has 0 saturated heterocycles. The molecule has 0 N–H and O–H groups in total. The largest absolute Gasteiger partial charge is 0.466 e. The highest BCUT2D eigenvalue weighted by atomic mass is 16.5. The van der Waals surface area contributed by atoms with Crippen LogP contribution in [0.1, 0.15) is 26.7 Å². The maximum absolute atomic E-state index is 11.3. The number of ether oxygens (including phenoxy) is 2. The van der Waals surface area contributed by atoms with Crippen molar-refractivity contribution in [1.29, 1.82) is 0 Å².